The summed E-state index contributed by atoms with van der Waals surface area (Å²) in [5.74, 6) is -0.118. The lowest BCUT2D eigenvalue weighted by Gasteiger charge is -2.11. The quantitative estimate of drug-likeness (QED) is 0.565. The Bertz CT molecular complexity index is 773. The van der Waals surface area contributed by atoms with Crippen molar-refractivity contribution < 1.29 is 9.53 Å². The van der Waals surface area contributed by atoms with Gasteiger partial charge in [0.05, 0.1) is 8.95 Å². The smallest absolute Gasteiger partial charge is 0.259 e. The van der Waals surface area contributed by atoms with E-state index in [9.17, 15) is 4.79 Å². The van der Waals surface area contributed by atoms with Crippen LogP contribution in [0.5, 0.6) is 5.75 Å². The van der Waals surface area contributed by atoms with Crippen LogP contribution in [-0.2, 0) is 11.4 Å². The highest BCUT2D eigenvalue weighted by Gasteiger charge is 2.10. The fraction of sp³-hybridized carbons (Fsp3) is 0.0588. The van der Waals surface area contributed by atoms with Crippen molar-refractivity contribution in [2.75, 3.05) is 0 Å². The number of amides is 1. The molecule has 0 aliphatic heterocycles. The lowest BCUT2D eigenvalue weighted by Crippen LogP contribution is -2.12. The van der Waals surface area contributed by atoms with E-state index in [0.717, 1.165) is 5.56 Å². The molecule has 2 N–H and O–H groups in total. The van der Waals surface area contributed by atoms with Gasteiger partial charge in [0.25, 0.3) is 5.91 Å². The molecule has 2 aromatic rings. The molecule has 0 atom stereocenters. The van der Waals surface area contributed by atoms with Crippen LogP contribution in [0.25, 0.3) is 6.08 Å². The Balaban J connectivity index is 2.24. The van der Waals surface area contributed by atoms with Crippen LogP contribution in [0.4, 0.5) is 0 Å². The summed E-state index contributed by atoms with van der Waals surface area (Å²) in [6.45, 7) is 0.429. The van der Waals surface area contributed by atoms with Crippen molar-refractivity contribution in [2.24, 2.45) is 5.73 Å². The molecular weight excluding hydrogens is 424 g/mol. The van der Waals surface area contributed by atoms with Gasteiger partial charge in [-0.25, -0.2) is 0 Å². The van der Waals surface area contributed by atoms with Crippen LogP contribution >= 0.6 is 31.9 Å². The number of carbonyl (C=O) groups is 1. The van der Waals surface area contributed by atoms with Crippen molar-refractivity contribution >= 4 is 43.8 Å². The first-order valence-corrected chi connectivity index (χ1v) is 8.17. The largest absolute Gasteiger partial charge is 0.487 e. The van der Waals surface area contributed by atoms with Gasteiger partial charge in [-0.15, -0.1) is 0 Å². The third-order valence-electron chi connectivity index (χ3n) is 2.94. The lowest BCUT2D eigenvalue weighted by atomic mass is 10.1. The Hall–Kier alpha value is -2.10. The maximum atomic E-state index is 11.1. The van der Waals surface area contributed by atoms with Gasteiger partial charge < -0.3 is 10.5 Å². The van der Waals surface area contributed by atoms with Crippen LogP contribution in [0.1, 0.15) is 11.1 Å². The minimum absolute atomic E-state index is 0.109. The average Bonchev–Trinajstić information content (AvgIpc) is 2.52. The molecule has 0 spiro atoms. The van der Waals surface area contributed by atoms with Gasteiger partial charge in [0.2, 0.25) is 0 Å². The second kappa shape index (κ2) is 7.95. The molecule has 1 amide bonds. The van der Waals surface area contributed by atoms with E-state index in [1.807, 2.05) is 30.3 Å². The van der Waals surface area contributed by atoms with Gasteiger partial charge in [0.1, 0.15) is 24.0 Å². The first kappa shape index (κ1) is 17.3. The van der Waals surface area contributed by atoms with Crippen molar-refractivity contribution in [3.63, 3.8) is 0 Å². The Labute approximate surface area is 150 Å². The molecule has 2 aromatic carbocycles. The number of benzene rings is 2. The molecule has 0 radical (unpaired) electrons. The fourth-order valence-electron chi connectivity index (χ4n) is 1.86. The van der Waals surface area contributed by atoms with Gasteiger partial charge in [-0.1, -0.05) is 30.3 Å². The van der Waals surface area contributed by atoms with Crippen molar-refractivity contribution in [1.82, 2.24) is 0 Å². The standard InChI is InChI=1S/C17H12Br2N2O2/c18-14-7-12(6-13(9-20)17(21)22)8-15(19)16(14)23-10-11-4-2-1-3-5-11/h1-8H,10H2,(H2,21,22). The molecule has 2 rings (SSSR count). The second-order valence-corrected chi connectivity index (χ2v) is 6.33. The number of nitrogens with two attached hydrogens (primary N) is 1. The van der Waals surface area contributed by atoms with Crippen LogP contribution in [0.15, 0.2) is 57.0 Å². The molecule has 0 saturated heterocycles. The summed E-state index contributed by atoms with van der Waals surface area (Å²) in [7, 11) is 0. The molecule has 23 heavy (non-hydrogen) atoms. The summed E-state index contributed by atoms with van der Waals surface area (Å²) in [5.41, 5.74) is 6.74. The number of nitrogens with zero attached hydrogens (tertiary/aromatic N) is 1. The predicted molar refractivity (Wildman–Crippen MR) is 95.4 cm³/mol. The van der Waals surface area contributed by atoms with E-state index in [2.05, 4.69) is 31.9 Å². The Kier molecular flexibility index (Phi) is 5.97. The maximum absolute atomic E-state index is 11.1. The highest BCUT2D eigenvalue weighted by Crippen LogP contribution is 2.35. The van der Waals surface area contributed by atoms with Gasteiger partial charge >= 0.3 is 0 Å². The van der Waals surface area contributed by atoms with E-state index in [4.69, 9.17) is 15.7 Å². The summed E-state index contributed by atoms with van der Waals surface area (Å²) in [6, 6.07) is 15.1. The summed E-state index contributed by atoms with van der Waals surface area (Å²) < 4.78 is 7.23. The zero-order valence-corrected chi connectivity index (χ0v) is 15.1. The molecule has 0 aliphatic carbocycles. The van der Waals surface area contributed by atoms with Crippen LogP contribution < -0.4 is 10.5 Å². The normalized spacial score (nSPS) is 10.9. The van der Waals surface area contributed by atoms with Crippen molar-refractivity contribution in [2.45, 2.75) is 6.61 Å². The van der Waals surface area contributed by atoms with E-state index < -0.39 is 5.91 Å². The number of hydrogen-bond acceptors (Lipinski definition) is 3. The van der Waals surface area contributed by atoms with E-state index in [1.54, 1.807) is 18.2 Å². The first-order valence-electron chi connectivity index (χ1n) is 6.58. The number of ether oxygens (including phenoxy) is 1. The third kappa shape index (κ3) is 4.68. The molecule has 0 fully saturated rings. The number of hydrogen-bond donors (Lipinski definition) is 1. The summed E-state index contributed by atoms with van der Waals surface area (Å²) in [4.78, 5) is 11.1. The molecule has 0 aromatic heterocycles. The number of primary amides is 1. The second-order valence-electron chi connectivity index (χ2n) is 4.62. The molecule has 0 unspecified atom stereocenters. The van der Waals surface area contributed by atoms with Gasteiger partial charge in [-0.2, -0.15) is 5.26 Å². The molecule has 0 saturated carbocycles. The van der Waals surface area contributed by atoms with Gasteiger partial charge in [0, 0.05) is 0 Å². The van der Waals surface area contributed by atoms with Crippen molar-refractivity contribution in [1.29, 1.82) is 5.26 Å². The molecule has 6 heteroatoms. The van der Waals surface area contributed by atoms with E-state index in [0.29, 0.717) is 26.9 Å². The van der Waals surface area contributed by atoms with E-state index in [1.165, 1.54) is 6.08 Å². The van der Waals surface area contributed by atoms with Crippen molar-refractivity contribution in [3.8, 4) is 11.8 Å². The maximum Gasteiger partial charge on any atom is 0.259 e. The molecule has 0 bridgehead atoms. The van der Waals surface area contributed by atoms with E-state index in [-0.39, 0.29) is 5.57 Å². The average molecular weight is 436 g/mol. The summed E-state index contributed by atoms with van der Waals surface area (Å²) in [5, 5.41) is 8.89. The molecule has 116 valence electrons. The Morgan fingerprint density at radius 1 is 1.22 bits per heavy atom. The number of carbonyl (C=O) groups excluding carboxylic acids is 1. The molecular formula is C17H12Br2N2O2. The van der Waals surface area contributed by atoms with Gasteiger partial charge in [-0.05, 0) is 61.2 Å². The van der Waals surface area contributed by atoms with Crippen LogP contribution in [0, 0.1) is 11.3 Å². The minimum atomic E-state index is -0.760. The van der Waals surface area contributed by atoms with Crippen LogP contribution in [0.3, 0.4) is 0 Å². The molecule has 0 aliphatic rings. The highest BCUT2D eigenvalue weighted by molar-refractivity contribution is 9.11. The van der Waals surface area contributed by atoms with Crippen LogP contribution in [0.2, 0.25) is 0 Å². The zero-order chi connectivity index (χ0) is 16.8. The Morgan fingerprint density at radius 2 is 1.83 bits per heavy atom. The monoisotopic (exact) mass is 434 g/mol. The SMILES string of the molecule is N#CC(=Cc1cc(Br)c(OCc2ccccc2)c(Br)c1)C(N)=O. The van der Waals surface area contributed by atoms with Gasteiger partial charge in [-0.3, -0.25) is 4.79 Å². The topological polar surface area (TPSA) is 76.1 Å². The molecule has 0 heterocycles. The Morgan fingerprint density at radius 3 is 2.35 bits per heavy atom. The van der Waals surface area contributed by atoms with Gasteiger partial charge in [0.15, 0.2) is 0 Å². The number of halogens is 2. The summed E-state index contributed by atoms with van der Waals surface area (Å²) in [6.07, 6.45) is 1.43. The summed E-state index contributed by atoms with van der Waals surface area (Å²) >= 11 is 6.87. The number of nitriles is 1. The van der Waals surface area contributed by atoms with Crippen molar-refractivity contribution in [3.05, 3.63) is 68.1 Å². The predicted octanol–water partition coefficient (Wildman–Crippen LogP) is 4.18. The highest BCUT2D eigenvalue weighted by atomic mass is 79.9. The molecule has 4 nitrogen and oxygen atoms in total. The fourth-order valence-corrected chi connectivity index (χ4v) is 3.31. The third-order valence-corrected chi connectivity index (χ3v) is 4.12. The minimum Gasteiger partial charge on any atom is -0.487 e. The van der Waals surface area contributed by atoms with Crippen LogP contribution in [-0.4, -0.2) is 5.91 Å². The first-order chi connectivity index (χ1) is 11.0. The lowest BCUT2D eigenvalue weighted by molar-refractivity contribution is -0.114. The number of rotatable bonds is 5. The van der Waals surface area contributed by atoms with E-state index >= 15 is 0 Å². The zero-order valence-electron chi connectivity index (χ0n) is 11.9.